The number of nitrogens with zero attached hydrogens (tertiary/aromatic N) is 1. The molecule has 1 heterocycles. The van der Waals surface area contributed by atoms with Crippen LogP contribution in [0.15, 0.2) is 24.3 Å². The number of hydrogen-bond acceptors (Lipinski definition) is 1. The molecule has 0 spiro atoms. The summed E-state index contributed by atoms with van der Waals surface area (Å²) in [6, 6.07) is 10.6. The summed E-state index contributed by atoms with van der Waals surface area (Å²) in [5.74, 6) is 0. The normalized spacial score (nSPS) is 18.1. The predicted octanol–water partition coefficient (Wildman–Crippen LogP) is 7.83. The highest BCUT2D eigenvalue weighted by Crippen LogP contribution is 2.63. The molecule has 0 saturated heterocycles. The van der Waals surface area contributed by atoms with Crippen molar-refractivity contribution < 1.29 is 0 Å². The van der Waals surface area contributed by atoms with Crippen molar-refractivity contribution in [3.8, 4) is 0 Å². The zero-order valence-electron chi connectivity index (χ0n) is 20.8. The highest BCUT2D eigenvalue weighted by molar-refractivity contribution is 8.13. The van der Waals surface area contributed by atoms with E-state index in [1.54, 1.807) is 21.2 Å². The smallest absolute Gasteiger partial charge is 0.0381 e. The van der Waals surface area contributed by atoms with Crippen molar-refractivity contribution in [1.29, 1.82) is 0 Å². The third kappa shape index (κ3) is 4.02. The van der Waals surface area contributed by atoms with E-state index in [1.165, 1.54) is 33.4 Å². The summed E-state index contributed by atoms with van der Waals surface area (Å²) in [4.78, 5) is 0. The molecule has 0 atom stereocenters. The van der Waals surface area contributed by atoms with Crippen LogP contribution in [-0.4, -0.2) is 33.5 Å². The molecular weight excluding hydrogens is 400 g/mol. The van der Waals surface area contributed by atoms with Crippen molar-refractivity contribution in [3.05, 3.63) is 68.8 Å². The molecule has 0 N–H and O–H groups in total. The third-order valence-corrected chi connectivity index (χ3v) is 13.4. The van der Waals surface area contributed by atoms with Gasteiger partial charge in [0.25, 0.3) is 0 Å². The molecule has 0 bridgehead atoms. The lowest BCUT2D eigenvalue weighted by atomic mass is 10.0. The van der Waals surface area contributed by atoms with Crippen LogP contribution in [0.3, 0.4) is 0 Å². The first-order valence-electron chi connectivity index (χ1n) is 11.2. The molecule has 30 heavy (non-hydrogen) atoms. The third-order valence-electron chi connectivity index (χ3n) is 6.13. The van der Waals surface area contributed by atoms with Crippen LogP contribution in [0, 0.1) is 41.5 Å². The lowest BCUT2D eigenvalue weighted by Gasteiger charge is -2.46. The van der Waals surface area contributed by atoms with E-state index in [2.05, 4.69) is 105 Å². The molecule has 0 amide bonds. The van der Waals surface area contributed by atoms with E-state index < -0.39 is 8.07 Å². The Bertz CT molecular complexity index is 955. The molecule has 3 heteroatoms. The molecule has 0 unspecified atom stereocenters. The molecule has 2 aromatic carbocycles. The van der Waals surface area contributed by atoms with Gasteiger partial charge in [-0.2, -0.15) is 0 Å². The second-order valence-electron chi connectivity index (χ2n) is 9.63. The summed E-state index contributed by atoms with van der Waals surface area (Å²) in [6.07, 6.45) is 0. The monoisotopic (exact) mass is 439 g/mol. The quantitative estimate of drug-likeness (QED) is 0.429. The molecule has 3 rings (SSSR count). The van der Waals surface area contributed by atoms with Gasteiger partial charge in [0.05, 0.1) is 0 Å². The first-order chi connectivity index (χ1) is 14.0. The van der Waals surface area contributed by atoms with Gasteiger partial charge < -0.3 is 0 Å². The number of benzene rings is 2. The molecule has 2 aromatic rings. The van der Waals surface area contributed by atoms with Gasteiger partial charge in [-0.3, -0.25) is 4.67 Å². The van der Waals surface area contributed by atoms with Gasteiger partial charge in [-0.15, -0.1) is 7.17 Å². The van der Waals surface area contributed by atoms with Crippen molar-refractivity contribution in [2.45, 2.75) is 81.3 Å². The zero-order chi connectivity index (χ0) is 22.5. The van der Waals surface area contributed by atoms with Gasteiger partial charge in [-0.25, -0.2) is 0 Å². The van der Waals surface area contributed by atoms with Crippen LogP contribution in [0.1, 0.15) is 72.2 Å². The van der Waals surface area contributed by atoms with E-state index in [1.807, 2.05) is 0 Å². The van der Waals surface area contributed by atoms with Crippen LogP contribution in [0.4, 0.5) is 0 Å². The van der Waals surface area contributed by atoms with Gasteiger partial charge in [-0.05, 0) is 109 Å². The van der Waals surface area contributed by atoms with Crippen LogP contribution < -0.4 is 0 Å². The van der Waals surface area contributed by atoms with E-state index in [0.717, 1.165) is 0 Å². The van der Waals surface area contributed by atoms with E-state index in [0.29, 0.717) is 12.1 Å². The van der Waals surface area contributed by atoms with Gasteiger partial charge in [-0.1, -0.05) is 35.4 Å². The molecular formula is C27H39NP2. The van der Waals surface area contributed by atoms with Crippen LogP contribution in [0.2, 0.25) is 0 Å². The van der Waals surface area contributed by atoms with Gasteiger partial charge in [0, 0.05) is 30.2 Å². The lowest BCUT2D eigenvalue weighted by molar-refractivity contribution is 0.329. The molecule has 0 aliphatic carbocycles. The topological polar surface area (TPSA) is 3.24 Å². The summed E-state index contributed by atoms with van der Waals surface area (Å²) in [6.45, 7) is 25.7. The SMILES string of the molecule is Cc1cc(C)c(C2=P(C)=C(c3c(C)cc(C)cc3C)P2N(C(C)C)C(C)C)c(C)c1. The summed E-state index contributed by atoms with van der Waals surface area (Å²) in [7, 11) is -0.730. The zero-order valence-corrected chi connectivity index (χ0v) is 22.6. The molecule has 1 nitrogen and oxygen atoms in total. The fourth-order valence-electron chi connectivity index (χ4n) is 5.33. The second-order valence-corrected chi connectivity index (χ2v) is 14.3. The van der Waals surface area contributed by atoms with Crippen LogP contribution >= 0.6 is 15.2 Å². The Morgan fingerprint density at radius 3 is 1.17 bits per heavy atom. The maximum atomic E-state index is 2.81. The van der Waals surface area contributed by atoms with E-state index in [-0.39, 0.29) is 7.17 Å². The Kier molecular flexibility index (Phi) is 6.89. The molecule has 0 saturated carbocycles. The summed E-state index contributed by atoms with van der Waals surface area (Å²) in [5, 5.41) is 3.48. The molecule has 1 aliphatic heterocycles. The Hall–Kier alpha value is -1.13. The van der Waals surface area contributed by atoms with Gasteiger partial charge in [0.2, 0.25) is 0 Å². The summed E-state index contributed by atoms with van der Waals surface area (Å²) in [5.41, 5.74) is 11.7. The number of rotatable bonds is 5. The molecule has 0 fully saturated rings. The molecule has 162 valence electrons. The highest BCUT2D eigenvalue weighted by atomic mass is 31.2. The van der Waals surface area contributed by atoms with Gasteiger partial charge >= 0.3 is 0 Å². The van der Waals surface area contributed by atoms with E-state index >= 15 is 0 Å². The van der Waals surface area contributed by atoms with Crippen molar-refractivity contribution in [1.82, 2.24) is 4.67 Å². The second kappa shape index (κ2) is 8.78. The number of aryl methyl sites for hydroxylation is 6. The standard InChI is InChI=1S/C27H39NP2/c1-16(2)28(17(3)4)30-26(24-20(7)12-18(5)13-21(24)8)29(11)27(30)25-22(9)14-19(6)15-23(25)10/h12-17H,1-11H3. The Labute approximate surface area is 186 Å². The van der Waals surface area contributed by atoms with Crippen LogP contribution in [-0.2, 0) is 0 Å². The first-order valence-corrected chi connectivity index (χ1v) is 14.3. The van der Waals surface area contributed by atoms with Crippen molar-refractivity contribution in [2.75, 3.05) is 6.66 Å². The van der Waals surface area contributed by atoms with Gasteiger partial charge in [0.1, 0.15) is 0 Å². The minimum atomic E-state index is -0.448. The highest BCUT2D eigenvalue weighted by Gasteiger charge is 2.40. The van der Waals surface area contributed by atoms with Crippen molar-refractivity contribution in [3.63, 3.8) is 0 Å². The summed E-state index contributed by atoms with van der Waals surface area (Å²) < 4.78 is 2.81. The predicted molar refractivity (Wildman–Crippen MR) is 141 cm³/mol. The Morgan fingerprint density at radius 1 is 0.600 bits per heavy atom. The fraction of sp³-hybridized carbons (Fsp3) is 0.481. The molecule has 1 aliphatic rings. The Balaban J connectivity index is 2.37. The average Bonchev–Trinajstić information content (AvgIpc) is 2.59. The molecule has 0 radical (unpaired) electrons. The maximum absolute atomic E-state index is 2.81. The first kappa shape index (κ1) is 23.5. The van der Waals surface area contributed by atoms with Crippen molar-refractivity contribution in [2.24, 2.45) is 0 Å². The van der Waals surface area contributed by atoms with Crippen LogP contribution in [0.5, 0.6) is 0 Å². The minimum absolute atomic E-state index is 0.282. The minimum Gasteiger partial charge on any atom is -0.269 e. The van der Waals surface area contributed by atoms with E-state index in [4.69, 9.17) is 0 Å². The summed E-state index contributed by atoms with van der Waals surface area (Å²) >= 11 is 0. The lowest BCUT2D eigenvalue weighted by Crippen LogP contribution is -2.39. The van der Waals surface area contributed by atoms with E-state index in [9.17, 15) is 0 Å². The Morgan fingerprint density at radius 2 is 0.900 bits per heavy atom. The fourth-order valence-corrected chi connectivity index (χ4v) is 13.0. The largest absolute Gasteiger partial charge is 0.269 e. The van der Waals surface area contributed by atoms with Crippen molar-refractivity contribution >= 4 is 25.3 Å². The molecule has 0 aromatic heterocycles. The maximum Gasteiger partial charge on any atom is 0.0381 e. The number of hydrogen-bond donors (Lipinski definition) is 0. The van der Waals surface area contributed by atoms with Crippen LogP contribution in [0.25, 0.3) is 0 Å². The average molecular weight is 440 g/mol. The van der Waals surface area contributed by atoms with Gasteiger partial charge in [0.15, 0.2) is 0 Å².